The minimum Gasteiger partial charge on any atom is -0.481 e. The molecule has 1 fully saturated rings. The third-order valence-electron chi connectivity index (χ3n) is 4.00. The predicted molar refractivity (Wildman–Crippen MR) is 83.4 cm³/mol. The van der Waals surface area contributed by atoms with Gasteiger partial charge in [0.1, 0.15) is 0 Å². The Balaban J connectivity index is 0.000000220. The van der Waals surface area contributed by atoms with Crippen LogP contribution in [0.3, 0.4) is 0 Å². The molecule has 0 unspecified atom stereocenters. The fourth-order valence-corrected chi connectivity index (χ4v) is 2.55. The summed E-state index contributed by atoms with van der Waals surface area (Å²) in [5.41, 5.74) is 11.8. The molecule has 22 heavy (non-hydrogen) atoms. The first-order valence-corrected chi connectivity index (χ1v) is 7.43. The van der Waals surface area contributed by atoms with Crippen LogP contribution in [0.5, 0.6) is 0 Å². The van der Waals surface area contributed by atoms with E-state index in [0.717, 1.165) is 25.7 Å². The number of aliphatic carboxylic acids is 1. The van der Waals surface area contributed by atoms with Crippen molar-refractivity contribution in [2.24, 2.45) is 23.3 Å². The van der Waals surface area contributed by atoms with Crippen molar-refractivity contribution < 1.29 is 19.8 Å². The van der Waals surface area contributed by atoms with E-state index in [2.05, 4.69) is 0 Å². The van der Waals surface area contributed by atoms with E-state index < -0.39 is 11.9 Å². The zero-order chi connectivity index (χ0) is 16.5. The average molecular weight is 308 g/mol. The van der Waals surface area contributed by atoms with Crippen LogP contribution in [0.4, 0.5) is 0 Å². The van der Waals surface area contributed by atoms with Gasteiger partial charge in [-0.1, -0.05) is 18.2 Å². The van der Waals surface area contributed by atoms with Crippen LogP contribution in [-0.2, 0) is 11.3 Å². The first-order chi connectivity index (χ1) is 10.5. The SMILES string of the molecule is NCC1CCC(C(=O)O)CC1.NCc1ccccc1C(=O)O. The first-order valence-electron chi connectivity index (χ1n) is 7.43. The Morgan fingerprint density at radius 1 is 1.05 bits per heavy atom. The molecule has 6 N–H and O–H groups in total. The number of carbonyl (C=O) groups is 2. The number of aromatic carboxylic acids is 1. The lowest BCUT2D eigenvalue weighted by molar-refractivity contribution is -0.143. The molecular formula is C16H24N2O4. The molecule has 1 aliphatic rings. The largest absolute Gasteiger partial charge is 0.481 e. The molecule has 0 aliphatic heterocycles. The monoisotopic (exact) mass is 308 g/mol. The second kappa shape index (κ2) is 9.17. The van der Waals surface area contributed by atoms with Gasteiger partial charge in [0.25, 0.3) is 0 Å². The molecule has 0 atom stereocenters. The van der Waals surface area contributed by atoms with Gasteiger partial charge in [-0.2, -0.15) is 0 Å². The molecule has 0 radical (unpaired) electrons. The van der Waals surface area contributed by atoms with E-state index in [1.807, 2.05) is 0 Å². The highest BCUT2D eigenvalue weighted by Crippen LogP contribution is 2.27. The summed E-state index contributed by atoms with van der Waals surface area (Å²) in [4.78, 5) is 21.0. The molecule has 0 saturated heterocycles. The zero-order valence-electron chi connectivity index (χ0n) is 12.6. The molecule has 0 spiro atoms. The maximum Gasteiger partial charge on any atom is 0.336 e. The van der Waals surface area contributed by atoms with Crippen LogP contribution in [0.15, 0.2) is 24.3 Å². The summed E-state index contributed by atoms with van der Waals surface area (Å²) < 4.78 is 0. The topological polar surface area (TPSA) is 127 Å². The molecule has 0 amide bonds. The van der Waals surface area contributed by atoms with Crippen LogP contribution in [0.25, 0.3) is 0 Å². The molecular weight excluding hydrogens is 284 g/mol. The molecule has 2 rings (SSSR count). The lowest BCUT2D eigenvalue weighted by Crippen LogP contribution is -2.25. The second-order valence-electron chi connectivity index (χ2n) is 5.46. The van der Waals surface area contributed by atoms with Crippen LogP contribution in [0.2, 0.25) is 0 Å². The van der Waals surface area contributed by atoms with Crippen molar-refractivity contribution in [1.29, 1.82) is 0 Å². The van der Waals surface area contributed by atoms with Gasteiger partial charge in [-0.15, -0.1) is 0 Å². The third kappa shape index (κ3) is 5.46. The Morgan fingerprint density at radius 2 is 1.64 bits per heavy atom. The molecule has 6 nitrogen and oxygen atoms in total. The highest BCUT2D eigenvalue weighted by Gasteiger charge is 2.24. The highest BCUT2D eigenvalue weighted by atomic mass is 16.4. The van der Waals surface area contributed by atoms with Gasteiger partial charge in [0, 0.05) is 6.54 Å². The van der Waals surface area contributed by atoms with Crippen LogP contribution >= 0.6 is 0 Å². The Labute approximate surface area is 130 Å². The van der Waals surface area contributed by atoms with Gasteiger partial charge in [-0.05, 0) is 49.8 Å². The second-order valence-corrected chi connectivity index (χ2v) is 5.46. The summed E-state index contributed by atoms with van der Waals surface area (Å²) in [6, 6.07) is 6.71. The average Bonchev–Trinajstić information content (AvgIpc) is 2.55. The van der Waals surface area contributed by atoms with Crippen molar-refractivity contribution in [3.63, 3.8) is 0 Å². The standard InChI is InChI=1S/C8H15NO2.C8H9NO2/c9-5-6-1-3-7(4-2-6)8(10)11;9-5-6-3-1-2-4-7(6)8(10)11/h6-7H,1-5,9H2,(H,10,11);1-4H,5,9H2,(H,10,11). The van der Waals surface area contributed by atoms with E-state index in [0.29, 0.717) is 18.0 Å². The van der Waals surface area contributed by atoms with E-state index in [9.17, 15) is 9.59 Å². The molecule has 0 heterocycles. The van der Waals surface area contributed by atoms with Crippen LogP contribution in [0, 0.1) is 11.8 Å². The minimum absolute atomic E-state index is 0.0993. The number of carboxylic acids is 2. The number of hydrogen-bond acceptors (Lipinski definition) is 4. The number of benzene rings is 1. The lowest BCUT2D eigenvalue weighted by atomic mass is 9.82. The van der Waals surface area contributed by atoms with Gasteiger partial charge in [0.2, 0.25) is 0 Å². The van der Waals surface area contributed by atoms with Crippen molar-refractivity contribution in [1.82, 2.24) is 0 Å². The van der Waals surface area contributed by atoms with E-state index >= 15 is 0 Å². The summed E-state index contributed by atoms with van der Waals surface area (Å²) in [6.45, 7) is 0.981. The van der Waals surface area contributed by atoms with E-state index in [1.54, 1.807) is 24.3 Å². The van der Waals surface area contributed by atoms with Crippen molar-refractivity contribution in [3.8, 4) is 0 Å². The smallest absolute Gasteiger partial charge is 0.336 e. The van der Waals surface area contributed by atoms with Crippen LogP contribution < -0.4 is 11.5 Å². The number of rotatable bonds is 4. The molecule has 1 aromatic rings. The fraction of sp³-hybridized carbons (Fsp3) is 0.500. The molecule has 1 aliphatic carbocycles. The molecule has 1 saturated carbocycles. The van der Waals surface area contributed by atoms with Gasteiger partial charge < -0.3 is 21.7 Å². The summed E-state index contributed by atoms with van der Waals surface area (Å²) in [5, 5.41) is 17.3. The zero-order valence-corrected chi connectivity index (χ0v) is 12.6. The summed E-state index contributed by atoms with van der Waals surface area (Å²) in [7, 11) is 0. The lowest BCUT2D eigenvalue weighted by Gasteiger charge is -2.24. The maximum absolute atomic E-state index is 10.5. The quantitative estimate of drug-likeness (QED) is 0.670. The van der Waals surface area contributed by atoms with E-state index in [1.165, 1.54) is 0 Å². The highest BCUT2D eigenvalue weighted by molar-refractivity contribution is 5.89. The molecule has 122 valence electrons. The van der Waals surface area contributed by atoms with Gasteiger partial charge >= 0.3 is 11.9 Å². The Hall–Kier alpha value is -1.92. The Bertz CT molecular complexity index is 497. The van der Waals surface area contributed by atoms with Crippen LogP contribution in [0.1, 0.15) is 41.6 Å². The van der Waals surface area contributed by atoms with Gasteiger partial charge in [0.05, 0.1) is 11.5 Å². The summed E-state index contributed by atoms with van der Waals surface area (Å²) in [5.74, 6) is -1.09. The number of nitrogens with two attached hydrogens (primary N) is 2. The maximum atomic E-state index is 10.5. The van der Waals surface area contributed by atoms with Crippen LogP contribution in [-0.4, -0.2) is 28.7 Å². The van der Waals surface area contributed by atoms with E-state index in [-0.39, 0.29) is 18.0 Å². The predicted octanol–water partition coefficient (Wildman–Crippen LogP) is 1.68. The Kier molecular flexibility index (Phi) is 7.56. The van der Waals surface area contributed by atoms with Crippen molar-refractivity contribution in [2.45, 2.75) is 32.2 Å². The van der Waals surface area contributed by atoms with Crippen molar-refractivity contribution in [3.05, 3.63) is 35.4 Å². The molecule has 6 heteroatoms. The normalized spacial score (nSPS) is 20.6. The van der Waals surface area contributed by atoms with Gasteiger partial charge in [-0.25, -0.2) is 4.79 Å². The van der Waals surface area contributed by atoms with Crippen molar-refractivity contribution >= 4 is 11.9 Å². The molecule has 0 bridgehead atoms. The molecule has 1 aromatic carbocycles. The van der Waals surface area contributed by atoms with E-state index in [4.69, 9.17) is 21.7 Å². The van der Waals surface area contributed by atoms with Gasteiger partial charge in [0.15, 0.2) is 0 Å². The fourth-order valence-electron chi connectivity index (χ4n) is 2.55. The molecule has 0 aromatic heterocycles. The number of carboxylic acid groups (broad SMARTS) is 2. The minimum atomic E-state index is -0.925. The van der Waals surface area contributed by atoms with Gasteiger partial charge in [-0.3, -0.25) is 4.79 Å². The summed E-state index contributed by atoms with van der Waals surface area (Å²) in [6.07, 6.45) is 3.62. The third-order valence-corrected chi connectivity index (χ3v) is 4.00. The Morgan fingerprint density at radius 3 is 2.05 bits per heavy atom. The van der Waals surface area contributed by atoms with Crippen molar-refractivity contribution in [2.75, 3.05) is 6.54 Å². The number of hydrogen-bond donors (Lipinski definition) is 4. The summed E-state index contributed by atoms with van der Waals surface area (Å²) >= 11 is 0. The first kappa shape index (κ1) is 18.1.